The van der Waals surface area contributed by atoms with Crippen LogP contribution in [0.5, 0.6) is 0 Å². The van der Waals surface area contributed by atoms with Crippen LogP contribution in [0.1, 0.15) is 31.1 Å². The molecule has 0 radical (unpaired) electrons. The largest absolute Gasteiger partial charge is 0.421 e. The molecule has 0 aromatic carbocycles. The van der Waals surface area contributed by atoms with E-state index < -0.39 is 11.7 Å². The van der Waals surface area contributed by atoms with Crippen molar-refractivity contribution in [1.29, 1.82) is 0 Å². The molecule has 1 fully saturated rings. The van der Waals surface area contributed by atoms with Gasteiger partial charge in [-0.25, -0.2) is 4.98 Å². The molecule has 2 N–H and O–H groups in total. The fraction of sp³-hybridized carbons (Fsp3) is 0.562. The van der Waals surface area contributed by atoms with Crippen LogP contribution in [0.25, 0.3) is 0 Å². The summed E-state index contributed by atoms with van der Waals surface area (Å²) in [4.78, 5) is 10.0. The molecule has 0 atom stereocenters. The molecule has 142 valence electrons. The third-order valence-electron chi connectivity index (χ3n) is 4.49. The highest BCUT2D eigenvalue weighted by atomic mass is 19.4. The van der Waals surface area contributed by atoms with Crippen molar-refractivity contribution in [2.24, 2.45) is 0 Å². The molecule has 0 aliphatic carbocycles. The van der Waals surface area contributed by atoms with E-state index in [4.69, 9.17) is 0 Å². The molecular formula is C16H22F3N7. The summed E-state index contributed by atoms with van der Waals surface area (Å²) in [5.74, 6) is -0.186. The summed E-state index contributed by atoms with van der Waals surface area (Å²) in [5, 5.41) is 9.92. The van der Waals surface area contributed by atoms with Crippen LogP contribution in [0, 0.1) is 6.92 Å². The lowest BCUT2D eigenvalue weighted by atomic mass is 10.1. The number of halogens is 3. The van der Waals surface area contributed by atoms with Crippen molar-refractivity contribution in [3.8, 4) is 0 Å². The maximum Gasteiger partial charge on any atom is 0.421 e. The smallest absolute Gasteiger partial charge is 0.372 e. The molecule has 2 aromatic heterocycles. The van der Waals surface area contributed by atoms with Crippen molar-refractivity contribution >= 4 is 17.5 Å². The number of rotatable bonds is 5. The van der Waals surface area contributed by atoms with E-state index in [-0.39, 0.29) is 11.8 Å². The molecular weight excluding hydrogens is 347 g/mol. The Labute approximate surface area is 149 Å². The van der Waals surface area contributed by atoms with E-state index in [0.717, 1.165) is 25.0 Å². The number of aromatic nitrogens is 4. The number of anilines is 3. The second kappa shape index (κ2) is 6.75. The van der Waals surface area contributed by atoms with E-state index in [1.807, 2.05) is 17.8 Å². The summed E-state index contributed by atoms with van der Waals surface area (Å²) in [6.45, 7) is 8.00. The Morgan fingerprint density at radius 1 is 1.27 bits per heavy atom. The van der Waals surface area contributed by atoms with E-state index in [9.17, 15) is 13.2 Å². The zero-order valence-electron chi connectivity index (χ0n) is 15.1. The predicted octanol–water partition coefficient (Wildman–Crippen LogP) is 3.05. The van der Waals surface area contributed by atoms with E-state index in [2.05, 4.69) is 44.4 Å². The van der Waals surface area contributed by atoms with Crippen LogP contribution in [-0.2, 0) is 6.18 Å². The van der Waals surface area contributed by atoms with Crippen LogP contribution < -0.4 is 10.6 Å². The summed E-state index contributed by atoms with van der Waals surface area (Å²) < 4.78 is 40.7. The first-order chi connectivity index (χ1) is 12.2. The van der Waals surface area contributed by atoms with Gasteiger partial charge in [-0.05, 0) is 20.8 Å². The Hall–Kier alpha value is -2.36. The Balaban J connectivity index is 1.76. The van der Waals surface area contributed by atoms with Gasteiger partial charge in [0.25, 0.3) is 0 Å². The van der Waals surface area contributed by atoms with E-state index in [0.29, 0.717) is 17.8 Å². The first kappa shape index (κ1) is 18.4. The Bertz CT molecular complexity index is 779. The third-order valence-corrected chi connectivity index (χ3v) is 4.49. The minimum atomic E-state index is -4.51. The fourth-order valence-electron chi connectivity index (χ4n) is 2.83. The van der Waals surface area contributed by atoms with Crippen molar-refractivity contribution < 1.29 is 13.2 Å². The van der Waals surface area contributed by atoms with Gasteiger partial charge in [0.2, 0.25) is 5.95 Å². The number of likely N-dealkylation sites (tertiary alicyclic amines) is 1. The van der Waals surface area contributed by atoms with Crippen molar-refractivity contribution in [2.75, 3.05) is 30.8 Å². The SMILES string of the molecule is CNc1nc(Nc2cn(C3CN(C(C)C)C3)nc2C)ncc1C(F)(F)F. The molecule has 7 nitrogen and oxygen atoms in total. The van der Waals surface area contributed by atoms with Gasteiger partial charge >= 0.3 is 6.18 Å². The molecule has 0 spiro atoms. The number of hydrogen-bond acceptors (Lipinski definition) is 6. The van der Waals surface area contributed by atoms with E-state index >= 15 is 0 Å². The van der Waals surface area contributed by atoms with Crippen molar-refractivity contribution in [1.82, 2.24) is 24.6 Å². The monoisotopic (exact) mass is 369 g/mol. The summed E-state index contributed by atoms with van der Waals surface area (Å²) in [6.07, 6.45) is -1.89. The molecule has 0 amide bonds. The van der Waals surface area contributed by atoms with Crippen molar-refractivity contribution in [3.63, 3.8) is 0 Å². The molecule has 0 bridgehead atoms. The van der Waals surface area contributed by atoms with Crippen molar-refractivity contribution in [2.45, 2.75) is 39.0 Å². The highest BCUT2D eigenvalue weighted by Crippen LogP contribution is 2.34. The minimum absolute atomic E-state index is 0.0856. The van der Waals surface area contributed by atoms with Crippen LogP contribution in [0.2, 0.25) is 0 Å². The molecule has 2 aromatic rings. The number of nitrogens with zero attached hydrogens (tertiary/aromatic N) is 5. The molecule has 10 heteroatoms. The Kier molecular flexibility index (Phi) is 4.78. The molecule has 0 saturated carbocycles. The van der Waals surface area contributed by atoms with Crippen LogP contribution in [0.3, 0.4) is 0 Å². The van der Waals surface area contributed by atoms with Crippen LogP contribution in [0.15, 0.2) is 12.4 Å². The summed E-state index contributed by atoms with van der Waals surface area (Å²) in [6, 6.07) is 0.800. The number of hydrogen-bond donors (Lipinski definition) is 2. The highest BCUT2D eigenvalue weighted by Gasteiger charge is 2.35. The van der Waals surface area contributed by atoms with Gasteiger partial charge in [0.15, 0.2) is 0 Å². The molecule has 1 aliphatic rings. The standard InChI is InChI=1S/C16H22F3N7/c1-9(2)25-6-11(7-25)26-8-13(10(3)24-26)22-15-21-5-12(16(17,18)19)14(20-4)23-15/h5,8-9,11H,6-7H2,1-4H3,(H2,20,21,22,23). The van der Waals surface area contributed by atoms with Gasteiger partial charge in [0, 0.05) is 38.6 Å². The molecule has 1 aliphatic heterocycles. The van der Waals surface area contributed by atoms with E-state index in [1.165, 1.54) is 7.05 Å². The normalized spacial score (nSPS) is 16.0. The first-order valence-corrected chi connectivity index (χ1v) is 8.38. The Morgan fingerprint density at radius 3 is 2.54 bits per heavy atom. The van der Waals surface area contributed by atoms with Crippen LogP contribution in [-0.4, -0.2) is 50.8 Å². The van der Waals surface area contributed by atoms with E-state index in [1.54, 1.807) is 0 Å². The van der Waals surface area contributed by atoms with Gasteiger partial charge in [0.1, 0.15) is 11.4 Å². The number of alkyl halides is 3. The number of nitrogens with one attached hydrogen (secondary N) is 2. The quantitative estimate of drug-likeness (QED) is 0.844. The van der Waals surface area contributed by atoms with Gasteiger partial charge in [-0.2, -0.15) is 23.3 Å². The highest BCUT2D eigenvalue weighted by molar-refractivity contribution is 5.57. The maximum absolute atomic E-state index is 12.9. The van der Waals surface area contributed by atoms with Gasteiger partial charge in [0.05, 0.1) is 17.4 Å². The molecule has 3 rings (SSSR count). The summed E-state index contributed by atoms with van der Waals surface area (Å²) in [5.41, 5.74) is 0.513. The lowest BCUT2D eigenvalue weighted by molar-refractivity contribution is -0.137. The van der Waals surface area contributed by atoms with Gasteiger partial charge in [-0.1, -0.05) is 0 Å². The molecule has 1 saturated heterocycles. The zero-order valence-corrected chi connectivity index (χ0v) is 15.1. The lowest BCUT2D eigenvalue weighted by Crippen LogP contribution is -2.51. The van der Waals surface area contributed by atoms with Crippen LogP contribution in [0.4, 0.5) is 30.6 Å². The predicted molar refractivity (Wildman–Crippen MR) is 92.6 cm³/mol. The van der Waals surface area contributed by atoms with Gasteiger partial charge in [-0.3, -0.25) is 9.58 Å². The van der Waals surface area contributed by atoms with Gasteiger partial charge in [-0.15, -0.1) is 0 Å². The second-order valence-electron chi connectivity index (χ2n) is 6.64. The maximum atomic E-state index is 12.9. The molecule has 3 heterocycles. The van der Waals surface area contributed by atoms with Crippen molar-refractivity contribution in [3.05, 3.63) is 23.7 Å². The summed E-state index contributed by atoms with van der Waals surface area (Å²) in [7, 11) is 1.39. The first-order valence-electron chi connectivity index (χ1n) is 8.38. The molecule has 26 heavy (non-hydrogen) atoms. The topological polar surface area (TPSA) is 70.9 Å². The molecule has 0 unspecified atom stereocenters. The fourth-order valence-corrected chi connectivity index (χ4v) is 2.83. The average Bonchev–Trinajstić information content (AvgIpc) is 2.84. The lowest BCUT2D eigenvalue weighted by Gasteiger charge is -2.41. The number of aryl methyl sites for hydroxylation is 1. The Morgan fingerprint density at radius 2 is 1.96 bits per heavy atom. The minimum Gasteiger partial charge on any atom is -0.372 e. The average molecular weight is 369 g/mol. The summed E-state index contributed by atoms with van der Waals surface area (Å²) >= 11 is 0. The van der Waals surface area contributed by atoms with Gasteiger partial charge < -0.3 is 10.6 Å². The van der Waals surface area contributed by atoms with Crippen LogP contribution >= 0.6 is 0 Å². The third kappa shape index (κ3) is 3.59. The zero-order chi connectivity index (χ0) is 19.1. The second-order valence-corrected chi connectivity index (χ2v) is 6.64.